The monoisotopic (exact) mass is 714 g/mol. The van der Waals surface area contributed by atoms with E-state index in [1.54, 1.807) is 0 Å². The quantitative estimate of drug-likeness (QED) is 0.137. The first-order valence-corrected chi connectivity index (χ1v) is 15.3. The van der Waals surface area contributed by atoms with E-state index in [1.807, 2.05) is 45.3 Å². The molecule has 0 fully saturated rings. The van der Waals surface area contributed by atoms with Crippen LogP contribution in [0.5, 0.6) is 0 Å². The summed E-state index contributed by atoms with van der Waals surface area (Å²) >= 11 is 22.2. The molecule has 0 nitrogen and oxygen atoms in total. The van der Waals surface area contributed by atoms with Gasteiger partial charge in [-0.2, -0.15) is 0 Å². The number of thiophene rings is 4. The van der Waals surface area contributed by atoms with E-state index in [9.17, 15) is 0 Å². The van der Waals surface area contributed by atoms with Crippen molar-refractivity contribution in [2.75, 3.05) is 0 Å². The number of hydrogen-bond donors (Lipinski definition) is 0. The van der Waals surface area contributed by atoms with Gasteiger partial charge >= 0.3 is 0 Å². The highest BCUT2D eigenvalue weighted by Crippen LogP contribution is 2.50. The number of fused-ring (bicyclic) bond motifs is 12. The maximum atomic E-state index is 3.73. The van der Waals surface area contributed by atoms with Crippen molar-refractivity contribution >= 4 is 171 Å². The fourth-order valence-electron chi connectivity index (χ4n) is 4.41. The van der Waals surface area contributed by atoms with Crippen molar-refractivity contribution in [2.24, 2.45) is 0 Å². The summed E-state index contributed by atoms with van der Waals surface area (Å²) in [6.45, 7) is 0. The first-order chi connectivity index (χ1) is 14.5. The first kappa shape index (κ1) is 19.4. The van der Waals surface area contributed by atoms with Crippen LogP contribution in [0, 0.1) is 0 Å². The second-order valence-corrected chi connectivity index (χ2v) is 16.8. The molecule has 0 bridgehead atoms. The molecule has 4 aromatic heterocycles. The Labute approximate surface area is 220 Å². The molecule has 0 aliphatic rings. The topological polar surface area (TPSA) is 0 Å². The van der Waals surface area contributed by atoms with Crippen LogP contribution in [0.4, 0.5) is 0 Å². The smallest absolute Gasteiger partial charge is 0.0711 e. The van der Waals surface area contributed by atoms with Crippen molar-refractivity contribution in [3.63, 3.8) is 0 Å². The van der Waals surface area contributed by atoms with E-state index in [1.165, 1.54) is 77.0 Å². The molecule has 4 heterocycles. The minimum atomic E-state index is 1.18. The normalized spacial score (nSPS) is 12.7. The van der Waals surface area contributed by atoms with Crippen LogP contribution < -0.4 is 0 Å². The Morgan fingerprint density at radius 1 is 0.333 bits per heavy atom. The summed E-state index contributed by atoms with van der Waals surface area (Å²) in [6.07, 6.45) is 0. The highest BCUT2D eigenvalue weighted by Gasteiger charge is 2.19. The molecule has 0 aliphatic carbocycles. The van der Waals surface area contributed by atoms with Crippen molar-refractivity contribution in [1.82, 2.24) is 0 Å². The summed E-state index contributed by atoms with van der Waals surface area (Å²) in [6, 6.07) is 14.0. The standard InChI is InChI=1S/C22H6Br4S4/c23-15-3-11-7-1-8-10(2-9(7)13-5-17(25)29-21(13)19(11)27-15)14-6-18(26)30-22(14)20-12(8)4-16(24)28-20/h1-6H. The zero-order valence-electron chi connectivity index (χ0n) is 14.6. The lowest BCUT2D eigenvalue weighted by Crippen LogP contribution is -1.81. The molecule has 0 radical (unpaired) electrons. The molecule has 0 atom stereocenters. The predicted molar refractivity (Wildman–Crippen MR) is 154 cm³/mol. The first-order valence-electron chi connectivity index (χ1n) is 8.85. The number of hydrogen-bond acceptors (Lipinski definition) is 4. The maximum Gasteiger partial charge on any atom is 0.0711 e. The number of rotatable bonds is 0. The van der Waals surface area contributed by atoms with E-state index in [0.717, 1.165) is 0 Å². The summed E-state index contributed by atoms with van der Waals surface area (Å²) in [4.78, 5) is 0. The van der Waals surface area contributed by atoms with Gasteiger partial charge in [-0.15, -0.1) is 45.3 Å². The average Bonchev–Trinajstić information content (AvgIpc) is 3.44. The molecule has 146 valence electrons. The van der Waals surface area contributed by atoms with Gasteiger partial charge in [0.15, 0.2) is 0 Å². The molecule has 3 aromatic carbocycles. The van der Waals surface area contributed by atoms with Crippen LogP contribution in [0.15, 0.2) is 51.5 Å². The van der Waals surface area contributed by atoms with Crippen LogP contribution >= 0.6 is 109 Å². The van der Waals surface area contributed by atoms with Crippen LogP contribution in [0.25, 0.3) is 61.9 Å². The van der Waals surface area contributed by atoms with Gasteiger partial charge in [0, 0.05) is 21.5 Å². The van der Waals surface area contributed by atoms with Crippen molar-refractivity contribution in [3.05, 3.63) is 51.5 Å². The fourth-order valence-corrected chi connectivity index (χ4v) is 11.2. The van der Waals surface area contributed by atoms with E-state index in [0.29, 0.717) is 0 Å². The van der Waals surface area contributed by atoms with Crippen LogP contribution in [-0.4, -0.2) is 0 Å². The zero-order chi connectivity index (χ0) is 20.3. The Hall–Kier alpha value is -0.0600. The minimum Gasteiger partial charge on any atom is -0.127 e. The van der Waals surface area contributed by atoms with Gasteiger partial charge in [0.1, 0.15) is 0 Å². The third-order valence-electron chi connectivity index (χ3n) is 5.54. The Morgan fingerprint density at radius 2 is 0.567 bits per heavy atom. The molecule has 7 aromatic rings. The molecule has 0 spiro atoms. The summed E-state index contributed by atoms with van der Waals surface area (Å²) in [5.41, 5.74) is 0. The number of halogens is 4. The van der Waals surface area contributed by atoms with E-state index < -0.39 is 0 Å². The molecule has 0 saturated heterocycles. The third-order valence-corrected chi connectivity index (χ3v) is 12.4. The fraction of sp³-hybridized carbons (Fsp3) is 0. The maximum absolute atomic E-state index is 3.73. The molecular weight excluding hydrogens is 712 g/mol. The van der Waals surface area contributed by atoms with Gasteiger partial charge in [-0.3, -0.25) is 0 Å². The highest BCUT2D eigenvalue weighted by molar-refractivity contribution is 9.11. The van der Waals surface area contributed by atoms with Gasteiger partial charge in [-0.05, 0) is 122 Å². The van der Waals surface area contributed by atoms with Crippen molar-refractivity contribution in [1.29, 1.82) is 0 Å². The predicted octanol–water partition coefficient (Wildman–Crippen LogP) is 11.9. The minimum absolute atomic E-state index is 1.18. The molecule has 8 heteroatoms. The van der Waals surface area contributed by atoms with Crippen LogP contribution in [0.2, 0.25) is 0 Å². The van der Waals surface area contributed by atoms with Gasteiger partial charge in [0.25, 0.3) is 0 Å². The van der Waals surface area contributed by atoms with Gasteiger partial charge in [0.2, 0.25) is 0 Å². The van der Waals surface area contributed by atoms with Crippen LogP contribution in [0.3, 0.4) is 0 Å². The summed E-state index contributed by atoms with van der Waals surface area (Å²) in [5.74, 6) is 0. The van der Waals surface area contributed by atoms with Gasteiger partial charge in [0.05, 0.1) is 33.9 Å². The lowest BCUT2D eigenvalue weighted by Gasteiger charge is -2.09. The number of benzene rings is 3. The molecular formula is C22H6Br4S4. The Morgan fingerprint density at radius 3 is 0.800 bits per heavy atom. The summed E-state index contributed by atoms with van der Waals surface area (Å²) in [7, 11) is 0. The van der Waals surface area contributed by atoms with Crippen molar-refractivity contribution < 1.29 is 0 Å². The second kappa shape index (κ2) is 6.73. The molecule has 30 heavy (non-hydrogen) atoms. The lowest BCUT2D eigenvalue weighted by molar-refractivity contribution is 1.96. The molecule has 0 amide bonds. The SMILES string of the molecule is Brc1cc2c3cc4c(cc3c3cc(Br)sc3c2s1)c1cc(Br)sc1c1sc(Br)cc41. The zero-order valence-corrected chi connectivity index (χ0v) is 24.2. The molecule has 0 N–H and O–H groups in total. The van der Waals surface area contributed by atoms with E-state index >= 15 is 0 Å². The summed E-state index contributed by atoms with van der Waals surface area (Å²) in [5, 5.41) is 10.6. The Bertz CT molecular complexity index is 1580. The van der Waals surface area contributed by atoms with Gasteiger partial charge in [-0.25, -0.2) is 0 Å². The molecule has 0 aliphatic heterocycles. The highest BCUT2D eigenvalue weighted by atomic mass is 79.9. The van der Waals surface area contributed by atoms with E-state index in [-0.39, 0.29) is 0 Å². The van der Waals surface area contributed by atoms with Gasteiger partial charge in [-0.1, -0.05) is 0 Å². The van der Waals surface area contributed by atoms with Crippen molar-refractivity contribution in [3.8, 4) is 0 Å². The molecule has 7 rings (SSSR count). The molecule has 0 unspecified atom stereocenters. The summed E-state index contributed by atoms with van der Waals surface area (Å²) < 4.78 is 10.2. The second-order valence-electron chi connectivity index (χ2n) is 7.12. The van der Waals surface area contributed by atoms with Gasteiger partial charge < -0.3 is 0 Å². The lowest BCUT2D eigenvalue weighted by atomic mass is 9.96. The molecule has 0 saturated carbocycles. The average molecular weight is 718 g/mol. The van der Waals surface area contributed by atoms with Crippen LogP contribution in [-0.2, 0) is 0 Å². The largest absolute Gasteiger partial charge is 0.127 e. The Kier molecular flexibility index (Phi) is 4.35. The third kappa shape index (κ3) is 2.62. The van der Waals surface area contributed by atoms with E-state index in [2.05, 4.69) is 100 Å². The van der Waals surface area contributed by atoms with Crippen molar-refractivity contribution in [2.45, 2.75) is 0 Å². The Balaban J connectivity index is 1.84. The van der Waals surface area contributed by atoms with Crippen LogP contribution in [0.1, 0.15) is 0 Å². The van der Waals surface area contributed by atoms with E-state index in [4.69, 9.17) is 0 Å².